The zero-order valence-corrected chi connectivity index (χ0v) is 24.2. The van der Waals surface area contributed by atoms with Crippen LogP contribution in [0.4, 0.5) is 0 Å². The number of furan rings is 1. The van der Waals surface area contributed by atoms with E-state index >= 15 is 0 Å². The van der Waals surface area contributed by atoms with Crippen molar-refractivity contribution in [2.45, 2.75) is 59.3 Å². The maximum Gasteiger partial charge on any atom is 0.227 e. The van der Waals surface area contributed by atoms with E-state index in [4.69, 9.17) is 14.4 Å². The van der Waals surface area contributed by atoms with Crippen molar-refractivity contribution in [1.29, 1.82) is 0 Å². The third-order valence-corrected chi connectivity index (χ3v) is 7.63. The van der Waals surface area contributed by atoms with Crippen molar-refractivity contribution in [2.24, 2.45) is 7.05 Å². The predicted octanol–water partition coefficient (Wildman–Crippen LogP) is 8.59. The van der Waals surface area contributed by atoms with Crippen molar-refractivity contribution >= 4 is 32.8 Å². The van der Waals surface area contributed by atoms with E-state index in [1.807, 2.05) is 0 Å². The minimum Gasteiger partial charge on any atom is -0.437 e. The molecule has 0 radical (unpaired) electrons. The highest BCUT2D eigenvalue weighted by molar-refractivity contribution is 6.09. The number of pyridine rings is 3. The Bertz CT molecular complexity index is 1870. The molecule has 6 rings (SSSR count). The largest absolute Gasteiger partial charge is 0.437 e. The number of aryl methyl sites for hydroxylation is 2. The molecule has 4 heteroatoms. The van der Waals surface area contributed by atoms with Crippen molar-refractivity contribution in [3.63, 3.8) is 0 Å². The lowest BCUT2D eigenvalue weighted by Crippen LogP contribution is -2.30. The number of hydrogen-bond donors (Lipinski definition) is 0. The summed E-state index contributed by atoms with van der Waals surface area (Å²) < 4.78 is 8.79. The topological polar surface area (TPSA) is 42.8 Å². The van der Waals surface area contributed by atoms with Gasteiger partial charge in [-0.15, -0.1) is 0 Å². The summed E-state index contributed by atoms with van der Waals surface area (Å²) in [5, 5.41) is 4.53. The molecule has 0 fully saturated rings. The van der Waals surface area contributed by atoms with Crippen LogP contribution in [-0.4, -0.2) is 9.97 Å². The molecule has 196 valence electrons. The minimum absolute atomic E-state index is 0.0682. The second-order valence-corrected chi connectivity index (χ2v) is 12.8. The second-order valence-electron chi connectivity index (χ2n) is 12.8. The van der Waals surface area contributed by atoms with Gasteiger partial charge in [-0.25, -0.2) is 9.55 Å². The number of nitrogens with zero attached hydrogens (tertiary/aromatic N) is 3. The highest BCUT2D eigenvalue weighted by atomic mass is 16.3. The lowest BCUT2D eigenvalue weighted by Gasteiger charge is -2.24. The van der Waals surface area contributed by atoms with E-state index in [2.05, 4.69) is 133 Å². The SMILES string of the molecule is Cc1ccc2c(oc3nc(-c4cc(C(C)(C)C)nc(C(C)(C)C)c4)ccc32)c1-c1cc2ccccc2c[n+]1C. The number of hydrogen-bond acceptors (Lipinski definition) is 3. The molecule has 0 aliphatic rings. The number of fused-ring (bicyclic) bond motifs is 4. The van der Waals surface area contributed by atoms with Gasteiger partial charge in [0.1, 0.15) is 7.05 Å². The van der Waals surface area contributed by atoms with Gasteiger partial charge in [0.15, 0.2) is 11.8 Å². The van der Waals surface area contributed by atoms with Gasteiger partial charge < -0.3 is 4.42 Å². The Morgan fingerprint density at radius 3 is 2.03 bits per heavy atom. The Kier molecular flexibility index (Phi) is 5.65. The molecule has 0 atom stereocenters. The molecule has 6 aromatic rings. The third-order valence-electron chi connectivity index (χ3n) is 7.63. The first-order chi connectivity index (χ1) is 18.4. The summed E-state index contributed by atoms with van der Waals surface area (Å²) in [4.78, 5) is 10.1. The van der Waals surface area contributed by atoms with Crippen LogP contribution in [0.1, 0.15) is 58.5 Å². The van der Waals surface area contributed by atoms with Gasteiger partial charge in [-0.05, 0) is 48.2 Å². The summed E-state index contributed by atoms with van der Waals surface area (Å²) in [6, 6.07) is 23.7. The Morgan fingerprint density at radius 2 is 1.36 bits per heavy atom. The second kappa shape index (κ2) is 8.74. The summed E-state index contributed by atoms with van der Waals surface area (Å²) in [6.07, 6.45) is 2.19. The van der Waals surface area contributed by atoms with Crippen molar-refractivity contribution < 1.29 is 8.98 Å². The van der Waals surface area contributed by atoms with E-state index in [0.717, 1.165) is 50.3 Å². The normalized spacial score (nSPS) is 12.6. The molecule has 0 aliphatic carbocycles. The molecule has 39 heavy (non-hydrogen) atoms. The summed E-state index contributed by atoms with van der Waals surface area (Å²) in [5.41, 5.74) is 8.90. The molecular weight excluding hydrogens is 478 g/mol. The van der Waals surface area contributed by atoms with E-state index in [9.17, 15) is 0 Å². The Balaban J connectivity index is 1.57. The summed E-state index contributed by atoms with van der Waals surface area (Å²) in [5.74, 6) is 0. The van der Waals surface area contributed by atoms with Crippen LogP contribution in [0.2, 0.25) is 0 Å². The summed E-state index contributed by atoms with van der Waals surface area (Å²) >= 11 is 0. The van der Waals surface area contributed by atoms with Gasteiger partial charge in [0.05, 0.1) is 11.3 Å². The molecule has 4 heterocycles. The first-order valence-corrected chi connectivity index (χ1v) is 13.7. The van der Waals surface area contributed by atoms with Crippen LogP contribution in [0.25, 0.3) is 55.4 Å². The smallest absolute Gasteiger partial charge is 0.227 e. The zero-order valence-electron chi connectivity index (χ0n) is 24.2. The molecule has 4 nitrogen and oxygen atoms in total. The van der Waals surface area contributed by atoms with Crippen LogP contribution in [0.15, 0.2) is 77.3 Å². The van der Waals surface area contributed by atoms with Crippen molar-refractivity contribution in [1.82, 2.24) is 9.97 Å². The Hall–Kier alpha value is -4.05. The van der Waals surface area contributed by atoms with E-state index in [1.54, 1.807) is 0 Å². The predicted molar refractivity (Wildman–Crippen MR) is 161 cm³/mol. The highest BCUT2D eigenvalue weighted by Gasteiger charge is 2.25. The van der Waals surface area contributed by atoms with Crippen LogP contribution in [0, 0.1) is 6.92 Å². The Labute approximate surface area is 230 Å². The van der Waals surface area contributed by atoms with Gasteiger partial charge in [0.2, 0.25) is 11.4 Å². The van der Waals surface area contributed by atoms with E-state index < -0.39 is 0 Å². The molecule has 0 unspecified atom stereocenters. The van der Waals surface area contributed by atoms with Gasteiger partial charge in [-0.2, -0.15) is 0 Å². The van der Waals surface area contributed by atoms with Crippen LogP contribution in [0.5, 0.6) is 0 Å². The fraction of sp³-hybridized carbons (Fsp3) is 0.286. The molecule has 0 aliphatic heterocycles. The van der Waals surface area contributed by atoms with Crippen molar-refractivity contribution in [2.75, 3.05) is 0 Å². The van der Waals surface area contributed by atoms with Crippen LogP contribution < -0.4 is 4.57 Å². The number of aromatic nitrogens is 3. The molecule has 0 saturated heterocycles. The molecule has 0 N–H and O–H groups in total. The summed E-state index contributed by atoms with van der Waals surface area (Å²) in [7, 11) is 2.10. The molecular formula is C35H36N3O+. The van der Waals surface area contributed by atoms with Crippen LogP contribution in [-0.2, 0) is 17.9 Å². The van der Waals surface area contributed by atoms with Crippen LogP contribution >= 0.6 is 0 Å². The standard InChI is InChI=1S/C35H36N3O/c1-21-13-14-25-26-15-16-27(24-18-29(34(2,3)4)37-30(19-24)35(5,6)7)36-33(26)39-32(25)31(21)28-17-22-11-9-10-12-23(22)20-38(28)8/h9-20H,1-8H3/q+1. The minimum atomic E-state index is -0.0682. The molecule has 4 aromatic heterocycles. The summed E-state index contributed by atoms with van der Waals surface area (Å²) in [6.45, 7) is 15.4. The monoisotopic (exact) mass is 514 g/mol. The first-order valence-electron chi connectivity index (χ1n) is 13.7. The van der Waals surface area contributed by atoms with Crippen molar-refractivity contribution in [3.05, 3.63) is 89.9 Å². The fourth-order valence-electron chi connectivity index (χ4n) is 5.28. The fourth-order valence-corrected chi connectivity index (χ4v) is 5.28. The maximum absolute atomic E-state index is 6.60. The average molecular weight is 515 g/mol. The zero-order chi connectivity index (χ0) is 27.7. The first kappa shape index (κ1) is 25.2. The molecule has 0 saturated carbocycles. The quantitative estimate of drug-likeness (QED) is 0.217. The molecule has 0 amide bonds. The average Bonchev–Trinajstić information content (AvgIpc) is 3.25. The number of rotatable bonds is 2. The van der Waals surface area contributed by atoms with E-state index in [0.29, 0.717) is 5.71 Å². The maximum atomic E-state index is 6.60. The van der Waals surface area contributed by atoms with Gasteiger partial charge in [0, 0.05) is 50.0 Å². The van der Waals surface area contributed by atoms with Crippen LogP contribution in [0.3, 0.4) is 0 Å². The highest BCUT2D eigenvalue weighted by Crippen LogP contribution is 2.38. The lowest BCUT2D eigenvalue weighted by molar-refractivity contribution is -0.659. The lowest BCUT2D eigenvalue weighted by atomic mass is 9.86. The third kappa shape index (κ3) is 4.38. The van der Waals surface area contributed by atoms with E-state index in [-0.39, 0.29) is 10.8 Å². The van der Waals surface area contributed by atoms with Gasteiger partial charge in [-0.3, -0.25) is 4.98 Å². The van der Waals surface area contributed by atoms with Gasteiger partial charge in [0.25, 0.3) is 0 Å². The number of benzene rings is 2. The molecule has 2 aromatic carbocycles. The molecule has 0 spiro atoms. The van der Waals surface area contributed by atoms with Gasteiger partial charge >= 0.3 is 0 Å². The molecule has 0 bridgehead atoms. The van der Waals surface area contributed by atoms with E-state index in [1.165, 1.54) is 16.3 Å². The van der Waals surface area contributed by atoms with Gasteiger partial charge in [-0.1, -0.05) is 71.9 Å². The Morgan fingerprint density at radius 1 is 0.718 bits per heavy atom. The van der Waals surface area contributed by atoms with Crippen molar-refractivity contribution in [3.8, 4) is 22.5 Å².